The zero-order chi connectivity index (χ0) is 18.2. The molecule has 27 heavy (non-hydrogen) atoms. The zero-order valence-corrected chi connectivity index (χ0v) is 15.6. The Balaban J connectivity index is 1.28. The molecule has 5 rings (SSSR count). The van der Waals surface area contributed by atoms with Crippen LogP contribution in [0.4, 0.5) is 4.79 Å². The van der Waals surface area contributed by atoms with Crippen LogP contribution in [0.25, 0.3) is 0 Å². The first-order valence-electron chi connectivity index (χ1n) is 10.1. The van der Waals surface area contributed by atoms with Crippen LogP contribution in [0.1, 0.15) is 62.1 Å². The molecule has 0 bridgehead atoms. The smallest absolute Gasteiger partial charge is 0.319 e. The van der Waals surface area contributed by atoms with Crippen molar-refractivity contribution in [3.05, 3.63) is 24.3 Å². The third kappa shape index (κ3) is 3.30. The molecule has 0 aromatic carbocycles. The van der Waals surface area contributed by atoms with Crippen LogP contribution >= 0.6 is 0 Å². The fourth-order valence-electron chi connectivity index (χ4n) is 4.35. The van der Waals surface area contributed by atoms with Gasteiger partial charge in [-0.05, 0) is 38.5 Å². The summed E-state index contributed by atoms with van der Waals surface area (Å²) in [7, 11) is 0. The maximum absolute atomic E-state index is 12.6. The van der Waals surface area contributed by atoms with E-state index in [1.54, 1.807) is 17.3 Å². The van der Waals surface area contributed by atoms with E-state index in [0.717, 1.165) is 63.5 Å². The third-order valence-corrected chi connectivity index (χ3v) is 5.98. The van der Waals surface area contributed by atoms with Crippen LogP contribution in [0, 0.1) is 0 Å². The fraction of sp³-hybridized carbons (Fsp3) is 0.722. The van der Waals surface area contributed by atoms with Crippen molar-refractivity contribution in [2.45, 2.75) is 57.0 Å². The summed E-state index contributed by atoms with van der Waals surface area (Å²) in [6, 6.07) is 0.749. The monoisotopic (exact) mass is 370 g/mol. The van der Waals surface area contributed by atoms with Crippen molar-refractivity contribution in [1.29, 1.82) is 0 Å². The topological polar surface area (TPSA) is 85.0 Å². The van der Waals surface area contributed by atoms with Gasteiger partial charge in [-0.25, -0.2) is 14.5 Å². The molecule has 9 nitrogen and oxygen atoms in total. The van der Waals surface area contributed by atoms with Crippen molar-refractivity contribution >= 4 is 6.03 Å². The molecule has 144 valence electrons. The van der Waals surface area contributed by atoms with Gasteiger partial charge < -0.3 is 14.4 Å². The van der Waals surface area contributed by atoms with Crippen LogP contribution in [0.3, 0.4) is 0 Å². The van der Waals surface area contributed by atoms with Crippen molar-refractivity contribution in [2.75, 3.05) is 26.2 Å². The number of hydrogen-bond acceptors (Lipinski definition) is 5. The minimum atomic E-state index is 0.224. The Bertz CT molecular complexity index is 782. The molecule has 0 N–H and O–H groups in total. The molecule has 2 aromatic rings. The summed E-state index contributed by atoms with van der Waals surface area (Å²) in [5.74, 6) is 2.44. The summed E-state index contributed by atoms with van der Waals surface area (Å²) in [5.41, 5.74) is 0. The second-order valence-corrected chi connectivity index (χ2v) is 7.91. The third-order valence-electron chi connectivity index (χ3n) is 5.98. The Labute approximate surface area is 158 Å². The van der Waals surface area contributed by atoms with Gasteiger partial charge in [-0.15, -0.1) is 10.2 Å². The average molecular weight is 370 g/mol. The quantitative estimate of drug-likeness (QED) is 0.817. The lowest BCUT2D eigenvalue weighted by Gasteiger charge is -2.34. The Morgan fingerprint density at radius 3 is 2.41 bits per heavy atom. The average Bonchev–Trinajstić information content (AvgIpc) is 3.12. The van der Waals surface area contributed by atoms with Crippen molar-refractivity contribution in [2.24, 2.45) is 0 Å². The maximum Gasteiger partial charge on any atom is 0.319 e. The Kier molecular flexibility index (Phi) is 4.29. The highest BCUT2D eigenvalue weighted by atomic mass is 16.2. The van der Waals surface area contributed by atoms with E-state index in [0.29, 0.717) is 18.5 Å². The number of urea groups is 1. The van der Waals surface area contributed by atoms with E-state index >= 15 is 0 Å². The molecule has 3 aliphatic rings. The predicted octanol–water partition coefficient (Wildman–Crippen LogP) is 1.65. The number of likely N-dealkylation sites (tertiary alicyclic amines) is 2. The molecule has 0 radical (unpaired) electrons. The maximum atomic E-state index is 12.6. The first kappa shape index (κ1) is 16.7. The number of carbonyl (C=O) groups is 1. The van der Waals surface area contributed by atoms with E-state index in [2.05, 4.69) is 24.8 Å². The number of carbonyl (C=O) groups excluding carboxylic acids is 1. The lowest BCUT2D eigenvalue weighted by Crippen LogP contribution is -2.45. The van der Waals surface area contributed by atoms with E-state index in [4.69, 9.17) is 0 Å². The molecule has 2 aliphatic heterocycles. The highest BCUT2D eigenvalue weighted by Crippen LogP contribution is 2.40. The molecular formula is C18H26N8O. The minimum absolute atomic E-state index is 0.224. The van der Waals surface area contributed by atoms with Crippen LogP contribution in [0.2, 0.25) is 0 Å². The van der Waals surface area contributed by atoms with Gasteiger partial charge in [0.15, 0.2) is 5.82 Å². The molecule has 1 aliphatic carbocycles. The number of hydrogen-bond donors (Lipinski definition) is 0. The molecule has 4 heterocycles. The predicted molar refractivity (Wildman–Crippen MR) is 97.2 cm³/mol. The number of amides is 2. The molecule has 0 spiro atoms. The number of aromatic nitrogens is 6. The highest BCUT2D eigenvalue weighted by Gasteiger charge is 2.35. The molecule has 2 amide bonds. The summed E-state index contributed by atoms with van der Waals surface area (Å²) >= 11 is 0. The van der Waals surface area contributed by atoms with Crippen LogP contribution < -0.4 is 0 Å². The van der Waals surface area contributed by atoms with Gasteiger partial charge in [0.1, 0.15) is 25.0 Å². The molecule has 2 aromatic heterocycles. The summed E-state index contributed by atoms with van der Waals surface area (Å²) in [6.45, 7) is 4.07. The van der Waals surface area contributed by atoms with E-state index in [1.807, 2.05) is 9.80 Å². The largest absolute Gasteiger partial charge is 0.325 e. The molecule has 1 saturated carbocycles. The number of rotatable bonds is 4. The van der Waals surface area contributed by atoms with Crippen LogP contribution in [0.5, 0.6) is 0 Å². The second-order valence-electron chi connectivity index (χ2n) is 7.91. The summed E-state index contributed by atoms with van der Waals surface area (Å²) in [6.07, 6.45) is 9.87. The van der Waals surface area contributed by atoms with E-state index < -0.39 is 0 Å². The first-order chi connectivity index (χ1) is 13.3. The lowest BCUT2D eigenvalue weighted by atomic mass is 9.96. The summed E-state index contributed by atoms with van der Waals surface area (Å²) in [4.78, 5) is 20.7. The molecule has 3 fully saturated rings. The fourth-order valence-corrected chi connectivity index (χ4v) is 4.35. The standard InChI is InChI=1S/C18H26N8O/c27-18(23-7-1-2-8-23)24-9-5-14(6-10-24)17-22-21-16(26(17)15-3-4-15)11-25-13-19-12-20-25/h12-15H,1-11H2. The van der Waals surface area contributed by atoms with Crippen LogP contribution in [-0.2, 0) is 6.54 Å². The number of nitrogens with zero attached hydrogens (tertiary/aromatic N) is 8. The minimum Gasteiger partial charge on any atom is -0.325 e. The Hall–Kier alpha value is -2.45. The molecule has 9 heteroatoms. The second kappa shape index (κ2) is 6.94. The van der Waals surface area contributed by atoms with Crippen molar-refractivity contribution in [1.82, 2.24) is 39.3 Å². The number of piperidine rings is 1. The van der Waals surface area contributed by atoms with Gasteiger partial charge in [0.2, 0.25) is 0 Å². The molecule has 0 atom stereocenters. The normalized spacial score (nSPS) is 21.2. The first-order valence-corrected chi connectivity index (χ1v) is 10.1. The van der Waals surface area contributed by atoms with E-state index in [-0.39, 0.29) is 6.03 Å². The van der Waals surface area contributed by atoms with Crippen molar-refractivity contribution in [3.8, 4) is 0 Å². The Morgan fingerprint density at radius 2 is 1.74 bits per heavy atom. The molecule has 2 saturated heterocycles. The summed E-state index contributed by atoms with van der Waals surface area (Å²) in [5, 5.41) is 13.2. The van der Waals surface area contributed by atoms with Gasteiger partial charge in [-0.2, -0.15) is 5.10 Å². The van der Waals surface area contributed by atoms with Gasteiger partial charge in [0.05, 0.1) is 0 Å². The van der Waals surface area contributed by atoms with Crippen molar-refractivity contribution in [3.63, 3.8) is 0 Å². The van der Waals surface area contributed by atoms with E-state index in [9.17, 15) is 4.79 Å². The van der Waals surface area contributed by atoms with Gasteiger partial charge in [0.25, 0.3) is 0 Å². The van der Waals surface area contributed by atoms with Crippen LogP contribution in [-0.4, -0.2) is 71.5 Å². The Morgan fingerprint density at radius 1 is 1.00 bits per heavy atom. The zero-order valence-electron chi connectivity index (χ0n) is 15.6. The van der Waals surface area contributed by atoms with Gasteiger partial charge in [-0.1, -0.05) is 0 Å². The molecule has 0 unspecified atom stereocenters. The van der Waals surface area contributed by atoms with Gasteiger partial charge >= 0.3 is 6.03 Å². The van der Waals surface area contributed by atoms with E-state index in [1.165, 1.54) is 12.8 Å². The van der Waals surface area contributed by atoms with Crippen LogP contribution in [0.15, 0.2) is 12.7 Å². The SMILES string of the molecule is O=C(N1CCCC1)N1CCC(c2nnc(Cn3cncn3)n2C2CC2)CC1. The summed E-state index contributed by atoms with van der Waals surface area (Å²) < 4.78 is 4.13. The van der Waals surface area contributed by atoms with Gasteiger partial charge in [0, 0.05) is 38.1 Å². The highest BCUT2D eigenvalue weighted by molar-refractivity contribution is 5.74. The lowest BCUT2D eigenvalue weighted by molar-refractivity contribution is 0.147. The van der Waals surface area contributed by atoms with Crippen molar-refractivity contribution < 1.29 is 4.79 Å². The molecular weight excluding hydrogens is 344 g/mol. The van der Waals surface area contributed by atoms with Gasteiger partial charge in [-0.3, -0.25) is 0 Å².